The number of carbonyl (C=O) groups is 4. The topological polar surface area (TPSA) is 430 Å². The molecule has 8 N–H and O–H groups in total. The predicted molar refractivity (Wildman–Crippen MR) is 530 cm³/mol. The van der Waals surface area contributed by atoms with Crippen molar-refractivity contribution in [3.63, 3.8) is 0 Å². The number of fused-ring (bicyclic) bond motifs is 12. The number of hydrogen-bond acceptors (Lipinski definition) is 22. The molecular formula is C96H74F4N14O16S8. The van der Waals surface area contributed by atoms with Gasteiger partial charge in [0.25, 0.3) is 45.9 Å². The zero-order valence-corrected chi connectivity index (χ0v) is 79.4. The molecule has 0 aliphatic heterocycles. The highest BCUT2D eigenvalue weighted by Gasteiger charge is 2.35. The van der Waals surface area contributed by atoms with Crippen molar-refractivity contribution in [1.82, 2.24) is 67.1 Å². The number of sulfonamides is 4. The van der Waals surface area contributed by atoms with Gasteiger partial charge >= 0.3 is 0 Å². The standard InChI is InChI=1S/C25H20FN3O4S2.C24H17F2N3O4S2.C24H20N4O4S2.C23H17FN4O4S2/c1-14-5-7-17(26)12-16(14)13-29-19-8-6-15-9-11-34-23(15)21(19)20(18-4-3-10-27-24(18)30)22(29)25(31)28-35(2,32)33;1-35(32,33)28-24(31)21-19(16-3-2-9-27-23(16)30)20-18(7-5-13-8-10-34-22(13)20)29(21)12-14-4-6-15(25)11-17(14)26;1-14-6-3-4-7-15(14)12-28-17-9-10-18-21(26-13-33-18)20(17)19(16-8-5-11-25-23(16)29)22(28)24(30)27-34(2,31)32;1-34(31,32)27-23(30)21-18(14-6-4-10-25-22(14)29)19-16(8-9-17-20(19)26-12-33-17)28(21)11-13-5-2-3-7-15(13)24/h3-12H,13H2,1-2H3,(H,27,30)(H,28,31);2-11H,12H2,1H3,(H,27,30)(H,28,31);3-11,13H,12H2,1-2H3,(H,25,29)(H,27,30);2-10,12H,11H2,1H3,(H,25,29)(H,27,30). The number of benzene rings is 8. The first-order valence-electron chi connectivity index (χ1n) is 41.4. The third kappa shape index (κ3) is 19.2. The molecule has 0 atom stereocenters. The molecule has 0 saturated carbocycles. The first kappa shape index (κ1) is 94.6. The molecule has 0 bridgehead atoms. The van der Waals surface area contributed by atoms with Crippen molar-refractivity contribution >= 4 is 193 Å². The van der Waals surface area contributed by atoms with E-state index in [2.05, 4.69) is 34.6 Å². The highest BCUT2D eigenvalue weighted by Crippen LogP contribution is 2.46. The quantitative estimate of drug-likeness (QED) is 0.0329. The Morgan fingerprint density at radius 3 is 1.04 bits per heavy atom. The van der Waals surface area contributed by atoms with Crippen LogP contribution < -0.4 is 41.1 Å². The van der Waals surface area contributed by atoms with Crippen molar-refractivity contribution in [2.45, 2.75) is 40.0 Å². The molecular weight excluding hydrogens is 1940 g/mol. The molecule has 20 rings (SSSR count). The molecule has 42 heteroatoms. The van der Waals surface area contributed by atoms with Crippen LogP contribution in [0.3, 0.4) is 0 Å². The van der Waals surface area contributed by atoms with Crippen LogP contribution in [0.25, 0.3) is 129 Å². The smallest absolute Gasteiger partial charge is 0.282 e. The zero-order valence-electron chi connectivity index (χ0n) is 72.9. The van der Waals surface area contributed by atoms with Gasteiger partial charge in [-0.15, -0.1) is 45.3 Å². The van der Waals surface area contributed by atoms with Crippen LogP contribution in [0.2, 0.25) is 0 Å². The second kappa shape index (κ2) is 37.8. The van der Waals surface area contributed by atoms with E-state index in [4.69, 9.17) is 0 Å². The Labute approximate surface area is 795 Å². The highest BCUT2D eigenvalue weighted by atomic mass is 32.2. The fraction of sp³-hybridized carbons (Fsp3) is 0.104. The maximum absolute atomic E-state index is 14.6. The normalized spacial score (nSPS) is 11.8. The Kier molecular flexibility index (Phi) is 25.9. The number of H-pyrrole nitrogens is 4. The van der Waals surface area contributed by atoms with Gasteiger partial charge < -0.3 is 38.2 Å². The molecule has 12 heterocycles. The number of aromatic amines is 4. The second-order valence-corrected chi connectivity index (χ2v) is 42.5. The summed E-state index contributed by atoms with van der Waals surface area (Å²) < 4.78 is 171. The van der Waals surface area contributed by atoms with Crippen molar-refractivity contribution in [2.75, 3.05) is 25.0 Å². The van der Waals surface area contributed by atoms with Gasteiger partial charge in [-0.3, -0.25) is 38.4 Å². The number of hydrogen-bond donors (Lipinski definition) is 8. The fourth-order valence-electron chi connectivity index (χ4n) is 16.8. The number of aryl methyl sites for hydroxylation is 2. The second-order valence-electron chi connectivity index (χ2n) is 31.9. The number of aromatic nitrogens is 10. The number of rotatable bonds is 20. The summed E-state index contributed by atoms with van der Waals surface area (Å²) in [7, 11) is -15.7. The molecule has 8 aromatic carbocycles. The molecule has 0 spiro atoms. The average molecular weight is 2010 g/mol. The van der Waals surface area contributed by atoms with Crippen molar-refractivity contribution in [1.29, 1.82) is 0 Å². The van der Waals surface area contributed by atoms with Gasteiger partial charge in [-0.05, 0) is 179 Å². The van der Waals surface area contributed by atoms with Gasteiger partial charge in [0.05, 0.1) is 103 Å². The molecule has 138 heavy (non-hydrogen) atoms. The van der Waals surface area contributed by atoms with Crippen molar-refractivity contribution < 1.29 is 70.4 Å². The Balaban J connectivity index is 0.000000127. The lowest BCUT2D eigenvalue weighted by molar-refractivity contribution is 0.0965. The van der Waals surface area contributed by atoms with Crippen LogP contribution in [0.15, 0.2) is 260 Å². The zero-order chi connectivity index (χ0) is 97.9. The lowest BCUT2D eigenvalue weighted by Gasteiger charge is -2.14. The third-order valence-corrected chi connectivity index (χ3v) is 28.2. The number of carbonyl (C=O) groups excluding carboxylic acids is 4. The Hall–Kier alpha value is -15.2. The van der Waals surface area contributed by atoms with E-state index in [0.717, 1.165) is 83.4 Å². The minimum atomic E-state index is -3.97. The Bertz CT molecular complexity index is 8940. The van der Waals surface area contributed by atoms with Crippen molar-refractivity contribution in [3.8, 4) is 44.5 Å². The van der Waals surface area contributed by atoms with E-state index in [1.807, 2.05) is 112 Å². The maximum Gasteiger partial charge on any atom is 0.282 e. The van der Waals surface area contributed by atoms with Crippen LogP contribution in [0.1, 0.15) is 75.3 Å². The summed E-state index contributed by atoms with van der Waals surface area (Å²) in [5.41, 5.74) is 10.7. The summed E-state index contributed by atoms with van der Waals surface area (Å²) in [5, 5.41) is 7.89. The molecule has 0 aliphatic rings. The van der Waals surface area contributed by atoms with Gasteiger partial charge in [0, 0.05) is 119 Å². The summed E-state index contributed by atoms with van der Waals surface area (Å²) >= 11 is 5.68. The van der Waals surface area contributed by atoms with Crippen molar-refractivity contribution in [2.24, 2.45) is 0 Å². The van der Waals surface area contributed by atoms with E-state index in [0.29, 0.717) is 83.4 Å². The van der Waals surface area contributed by atoms with Gasteiger partial charge in [-0.1, -0.05) is 66.7 Å². The fourth-order valence-corrected chi connectivity index (χ4v) is 21.8. The predicted octanol–water partition coefficient (Wildman–Crippen LogP) is 15.8. The first-order valence-corrected chi connectivity index (χ1v) is 52.4. The number of nitrogens with one attached hydrogen (secondary N) is 8. The average Bonchev–Trinajstić information content (AvgIpc) is 1.58. The SMILES string of the molecule is CS(=O)(=O)NC(=O)c1c(-c2ccc[nH]c2=O)c2c3ncsc3ccc2n1Cc1ccccc1F.CS(=O)(=O)NC(=O)c1c(-c2ccc[nH]c2=O)c2c3sccc3ccc2n1Cc1ccc(F)cc1F.Cc1ccc(F)cc1Cn1c(C(=O)NS(C)(=O)=O)c(-c2ccc[nH]c2=O)c2c3sccc3ccc21.Cc1ccccc1Cn1c(C(=O)NS(C)(=O)=O)c(-c2ccc[nH]c2=O)c2c3ncsc3ccc21. The van der Waals surface area contributed by atoms with Crippen LogP contribution in [-0.4, -0.2) is 130 Å². The summed E-state index contributed by atoms with van der Waals surface area (Å²) in [5.74, 6) is -6.08. The van der Waals surface area contributed by atoms with Crippen LogP contribution >= 0.6 is 45.3 Å². The monoisotopic (exact) mass is 2010 g/mol. The van der Waals surface area contributed by atoms with Gasteiger partial charge in [0.15, 0.2) is 0 Å². The summed E-state index contributed by atoms with van der Waals surface area (Å²) in [6.07, 6.45) is 9.40. The lowest BCUT2D eigenvalue weighted by atomic mass is 10.0. The summed E-state index contributed by atoms with van der Waals surface area (Å²) in [6, 6.07) is 52.6. The molecule has 12 aromatic heterocycles. The first-order chi connectivity index (χ1) is 65.8. The maximum atomic E-state index is 14.6. The molecule has 0 saturated heterocycles. The number of amides is 4. The van der Waals surface area contributed by atoms with E-state index >= 15 is 0 Å². The number of pyridine rings is 4. The van der Waals surface area contributed by atoms with E-state index in [-0.39, 0.29) is 81.4 Å². The molecule has 4 amide bonds. The minimum Gasteiger partial charge on any atom is -0.331 e. The number of halogens is 4. The van der Waals surface area contributed by atoms with Crippen molar-refractivity contribution in [3.05, 3.63) is 362 Å². The van der Waals surface area contributed by atoms with Gasteiger partial charge in [0.1, 0.15) is 46.0 Å². The summed E-state index contributed by atoms with van der Waals surface area (Å²) in [6.45, 7) is 3.91. The van der Waals surface area contributed by atoms with E-state index < -0.39 is 109 Å². The lowest BCUT2D eigenvalue weighted by Crippen LogP contribution is -2.32. The van der Waals surface area contributed by atoms with E-state index in [1.54, 1.807) is 99.0 Å². The van der Waals surface area contributed by atoms with Gasteiger partial charge in [-0.2, -0.15) is 0 Å². The largest absolute Gasteiger partial charge is 0.331 e. The molecule has 0 aliphatic carbocycles. The van der Waals surface area contributed by atoms with E-state index in [1.165, 1.54) is 110 Å². The van der Waals surface area contributed by atoms with Crippen LogP contribution in [-0.2, 0) is 66.3 Å². The summed E-state index contributed by atoms with van der Waals surface area (Å²) in [4.78, 5) is 125. The Morgan fingerprint density at radius 2 is 0.667 bits per heavy atom. The van der Waals surface area contributed by atoms with Gasteiger partial charge in [0.2, 0.25) is 40.1 Å². The highest BCUT2D eigenvalue weighted by molar-refractivity contribution is 7.90. The molecule has 700 valence electrons. The number of thiazole rings is 2. The van der Waals surface area contributed by atoms with Crippen LogP contribution in [0, 0.1) is 37.1 Å². The minimum absolute atomic E-state index is 0.00619. The molecule has 0 radical (unpaired) electrons. The van der Waals surface area contributed by atoms with E-state index in [9.17, 15) is 89.6 Å². The molecule has 0 unspecified atom stereocenters. The number of nitrogens with zero attached hydrogens (tertiary/aromatic N) is 6. The molecule has 30 nitrogen and oxygen atoms in total. The van der Waals surface area contributed by atoms with Crippen LogP contribution in [0.4, 0.5) is 17.6 Å². The molecule has 0 fully saturated rings. The molecule has 20 aromatic rings. The van der Waals surface area contributed by atoms with Crippen LogP contribution in [0.5, 0.6) is 0 Å². The Morgan fingerprint density at radius 1 is 0.341 bits per heavy atom. The third-order valence-electron chi connectivity index (χ3n) is 22.5. The number of thiophene rings is 2. The van der Waals surface area contributed by atoms with Gasteiger partial charge in [-0.25, -0.2) is 80.1 Å².